The monoisotopic (exact) mass is 674 g/mol. The molecule has 0 amide bonds. The Kier molecular flexibility index (Phi) is 15.2. The number of ether oxygens (including phenoxy) is 6. The number of anilines is 2. The number of nitrogens with two attached hydrogens (primary N) is 2. The Balaban J connectivity index is 1.23. The van der Waals surface area contributed by atoms with Crippen molar-refractivity contribution < 1.29 is 56.0 Å². The number of halogens is 3. The molecule has 0 saturated heterocycles. The Morgan fingerprint density at radius 2 is 1.23 bits per heavy atom. The molecule has 3 aromatic carbocycles. The van der Waals surface area contributed by atoms with Gasteiger partial charge in [0.25, 0.3) is 0 Å². The molecule has 0 atom stereocenters. The van der Waals surface area contributed by atoms with Gasteiger partial charge in [0.15, 0.2) is 0 Å². The summed E-state index contributed by atoms with van der Waals surface area (Å²) < 4.78 is 68.2. The fourth-order valence-corrected chi connectivity index (χ4v) is 3.92. The summed E-state index contributed by atoms with van der Waals surface area (Å²) in [5.74, 6) is -1.01. The van der Waals surface area contributed by atoms with E-state index in [2.05, 4.69) is 0 Å². The molecule has 0 radical (unpaired) electrons. The van der Waals surface area contributed by atoms with Gasteiger partial charge < -0.3 is 39.9 Å². The summed E-state index contributed by atoms with van der Waals surface area (Å²) in [6.45, 7) is 1.05. The summed E-state index contributed by atoms with van der Waals surface area (Å²) in [6, 6.07) is 17.0. The zero-order valence-electron chi connectivity index (χ0n) is 26.0. The zero-order valence-corrected chi connectivity index (χ0v) is 26.0. The quantitative estimate of drug-likeness (QED) is 0.0534. The van der Waals surface area contributed by atoms with E-state index in [9.17, 15) is 27.6 Å². The number of rotatable bonds is 19. The van der Waals surface area contributed by atoms with E-state index >= 15 is 0 Å². The fourth-order valence-electron chi connectivity index (χ4n) is 3.92. The van der Waals surface area contributed by atoms with Crippen LogP contribution in [0.3, 0.4) is 0 Å². The van der Waals surface area contributed by atoms with Gasteiger partial charge in [-0.1, -0.05) is 12.1 Å². The molecule has 0 aliphatic carbocycles. The zero-order chi connectivity index (χ0) is 34.8. The van der Waals surface area contributed by atoms with Crippen molar-refractivity contribution in [2.24, 2.45) is 0 Å². The van der Waals surface area contributed by atoms with Gasteiger partial charge in [0.2, 0.25) is 0 Å². The lowest BCUT2D eigenvalue weighted by molar-refractivity contribution is -0.139. The number of carbonyl (C=O) groups is 3. The van der Waals surface area contributed by atoms with Gasteiger partial charge in [-0.3, -0.25) is 0 Å². The highest BCUT2D eigenvalue weighted by molar-refractivity contribution is 5.92. The van der Waals surface area contributed by atoms with Crippen LogP contribution in [-0.4, -0.2) is 70.3 Å². The van der Waals surface area contributed by atoms with E-state index in [0.29, 0.717) is 22.7 Å². The van der Waals surface area contributed by atoms with Gasteiger partial charge in [0.1, 0.15) is 24.7 Å². The Morgan fingerprint density at radius 3 is 1.85 bits per heavy atom. The maximum absolute atomic E-state index is 12.4. The largest absolute Gasteiger partial charge is 0.494 e. The van der Waals surface area contributed by atoms with Crippen LogP contribution in [0.4, 0.5) is 24.5 Å². The average molecular weight is 675 g/mol. The number of alkyl halides is 3. The maximum Gasteiger partial charge on any atom is 0.389 e. The lowest BCUT2D eigenvalue weighted by Crippen LogP contribution is -2.15. The lowest BCUT2D eigenvalue weighted by atomic mass is 10.2. The molecule has 11 nitrogen and oxygen atoms in total. The third-order valence-corrected chi connectivity index (χ3v) is 6.23. The van der Waals surface area contributed by atoms with E-state index in [1.54, 1.807) is 42.5 Å². The highest BCUT2D eigenvalue weighted by Crippen LogP contribution is 2.23. The maximum atomic E-state index is 12.4. The van der Waals surface area contributed by atoms with E-state index in [0.717, 1.165) is 0 Å². The second-order valence-corrected chi connectivity index (χ2v) is 10.2. The fraction of sp³-hybridized carbons (Fsp3) is 0.324. The molecule has 0 fully saturated rings. The Bertz CT molecular complexity index is 1470. The van der Waals surface area contributed by atoms with Crippen LogP contribution in [-0.2, 0) is 23.7 Å². The first-order valence-corrected chi connectivity index (χ1v) is 14.9. The third kappa shape index (κ3) is 15.0. The van der Waals surface area contributed by atoms with Crippen LogP contribution in [0.5, 0.6) is 11.5 Å². The van der Waals surface area contributed by atoms with E-state index in [4.69, 9.17) is 39.9 Å². The molecule has 3 aromatic rings. The minimum Gasteiger partial charge on any atom is -0.494 e. The molecule has 258 valence electrons. The van der Waals surface area contributed by atoms with Gasteiger partial charge in [-0.15, -0.1) is 0 Å². The van der Waals surface area contributed by atoms with Gasteiger partial charge in [0, 0.05) is 23.9 Å². The number of hydrogen-bond acceptors (Lipinski definition) is 11. The number of hydrogen-bond donors (Lipinski definition) is 2. The van der Waals surface area contributed by atoms with Crippen molar-refractivity contribution in [2.45, 2.75) is 25.4 Å². The molecule has 0 aliphatic heterocycles. The summed E-state index contributed by atoms with van der Waals surface area (Å²) in [6.07, 6.45) is -1.99. The molecule has 0 saturated carbocycles. The van der Waals surface area contributed by atoms with E-state index < -0.39 is 30.5 Å². The van der Waals surface area contributed by atoms with Crippen LogP contribution in [0.2, 0.25) is 0 Å². The van der Waals surface area contributed by atoms with E-state index in [-0.39, 0.29) is 76.0 Å². The summed E-state index contributed by atoms with van der Waals surface area (Å²) in [7, 11) is 0. The van der Waals surface area contributed by atoms with Crippen molar-refractivity contribution in [3.05, 3.63) is 89.5 Å². The first kappa shape index (κ1) is 37.4. The van der Waals surface area contributed by atoms with Crippen molar-refractivity contribution in [3.63, 3.8) is 0 Å². The molecule has 48 heavy (non-hydrogen) atoms. The van der Waals surface area contributed by atoms with Crippen molar-refractivity contribution in [1.29, 1.82) is 0 Å². The van der Waals surface area contributed by atoms with Gasteiger partial charge >= 0.3 is 24.1 Å². The minimum absolute atomic E-state index is 0.0180. The Hall–Kier alpha value is -5.08. The molecular formula is C34H37F3N2O9. The van der Waals surface area contributed by atoms with E-state index in [1.165, 1.54) is 36.4 Å². The summed E-state index contributed by atoms with van der Waals surface area (Å²) in [4.78, 5) is 36.4. The molecular weight excluding hydrogens is 637 g/mol. The van der Waals surface area contributed by atoms with Crippen LogP contribution < -0.4 is 20.9 Å². The molecule has 0 aliphatic rings. The minimum atomic E-state index is -4.18. The number of unbranched alkanes of at least 4 members (excludes halogenated alkanes) is 1. The lowest BCUT2D eigenvalue weighted by Gasteiger charge is -2.09. The highest BCUT2D eigenvalue weighted by atomic mass is 19.4. The molecule has 0 unspecified atom stereocenters. The number of benzene rings is 3. The van der Waals surface area contributed by atoms with Crippen molar-refractivity contribution in [2.75, 3.05) is 57.7 Å². The normalized spacial score (nSPS) is 11.3. The Morgan fingerprint density at radius 1 is 0.646 bits per heavy atom. The molecule has 3 rings (SSSR count). The summed E-state index contributed by atoms with van der Waals surface area (Å²) in [5, 5.41) is 0. The molecule has 0 heterocycles. The predicted molar refractivity (Wildman–Crippen MR) is 170 cm³/mol. The second kappa shape index (κ2) is 19.6. The van der Waals surface area contributed by atoms with Gasteiger partial charge in [-0.25, -0.2) is 14.4 Å². The van der Waals surface area contributed by atoms with Crippen molar-refractivity contribution >= 4 is 35.4 Å². The van der Waals surface area contributed by atoms with Crippen LogP contribution >= 0.6 is 0 Å². The summed E-state index contributed by atoms with van der Waals surface area (Å²) >= 11 is 0. The first-order chi connectivity index (χ1) is 23.0. The second-order valence-electron chi connectivity index (χ2n) is 10.2. The average Bonchev–Trinajstić information content (AvgIpc) is 3.04. The molecule has 4 N–H and O–H groups in total. The topological polar surface area (TPSA) is 159 Å². The Labute approximate surface area is 275 Å². The standard InChI is InChI=1S/C34H37F3N2O9/c35-34(36,37)13-1-2-14-45-29-10-6-25(7-11-29)33(42)48-30-8-3-24(4-9-30)5-12-31(40)46-19-17-43-15-16-44-18-20-47-32(41)26-21-27(38)23-28(39)22-26/h3-12,21-23H,1-2,13-20,38-39H2/b12-5+. The first-order valence-electron chi connectivity index (χ1n) is 14.9. The number of esters is 3. The number of nitrogen functional groups attached to an aromatic ring is 2. The van der Waals surface area contributed by atoms with E-state index in [1.807, 2.05) is 0 Å². The van der Waals surface area contributed by atoms with Crippen LogP contribution in [0.1, 0.15) is 45.5 Å². The van der Waals surface area contributed by atoms with Gasteiger partial charge in [-0.05, 0) is 79.1 Å². The molecule has 0 bridgehead atoms. The molecule has 0 spiro atoms. The predicted octanol–water partition coefficient (Wildman–Crippen LogP) is 5.63. The summed E-state index contributed by atoms with van der Waals surface area (Å²) in [5.41, 5.74) is 13.2. The smallest absolute Gasteiger partial charge is 0.389 e. The SMILES string of the molecule is Nc1cc(N)cc(C(=O)OCCOCCOCCOC(=O)/C=C/c2ccc(OC(=O)c3ccc(OCCCCC(F)(F)F)cc3)cc2)c1. The van der Waals surface area contributed by atoms with Crippen molar-refractivity contribution in [3.8, 4) is 11.5 Å². The van der Waals surface area contributed by atoms with Crippen molar-refractivity contribution in [1.82, 2.24) is 0 Å². The van der Waals surface area contributed by atoms with Gasteiger partial charge in [0.05, 0.1) is 44.2 Å². The van der Waals surface area contributed by atoms with Crippen LogP contribution in [0.15, 0.2) is 72.8 Å². The van der Waals surface area contributed by atoms with Gasteiger partial charge in [-0.2, -0.15) is 13.2 Å². The molecule has 0 aromatic heterocycles. The third-order valence-electron chi connectivity index (χ3n) is 6.23. The molecule has 14 heteroatoms. The highest BCUT2D eigenvalue weighted by Gasteiger charge is 2.25. The van der Waals surface area contributed by atoms with Crippen LogP contribution in [0.25, 0.3) is 6.08 Å². The number of carbonyl (C=O) groups excluding carboxylic acids is 3. The van der Waals surface area contributed by atoms with Crippen LogP contribution in [0, 0.1) is 0 Å².